The SMILES string of the molecule is COc1cc(NC2CCCC(C3CC3)C2)cc(OC)c1. The Balaban J connectivity index is 1.66. The number of nitrogens with one attached hydrogen (secondary N) is 1. The van der Waals surface area contributed by atoms with Crippen LogP contribution in [0.25, 0.3) is 0 Å². The van der Waals surface area contributed by atoms with Gasteiger partial charge in [0.15, 0.2) is 0 Å². The van der Waals surface area contributed by atoms with Crippen molar-refractivity contribution in [3.05, 3.63) is 18.2 Å². The molecule has 0 aliphatic heterocycles. The van der Waals surface area contributed by atoms with Gasteiger partial charge in [-0.2, -0.15) is 0 Å². The summed E-state index contributed by atoms with van der Waals surface area (Å²) >= 11 is 0. The van der Waals surface area contributed by atoms with Gasteiger partial charge in [-0.15, -0.1) is 0 Å². The molecule has 0 radical (unpaired) electrons. The van der Waals surface area contributed by atoms with E-state index in [9.17, 15) is 0 Å². The molecule has 2 aliphatic carbocycles. The van der Waals surface area contributed by atoms with Crippen molar-refractivity contribution in [3.8, 4) is 11.5 Å². The largest absolute Gasteiger partial charge is 0.497 e. The van der Waals surface area contributed by atoms with E-state index in [1.165, 1.54) is 38.5 Å². The zero-order chi connectivity index (χ0) is 13.9. The number of ether oxygens (including phenoxy) is 2. The standard InChI is InChI=1S/C17H25NO2/c1-19-16-9-15(10-17(11-16)20-2)18-14-5-3-4-13(8-14)12-6-7-12/h9-14,18H,3-8H2,1-2H3. The fourth-order valence-electron chi connectivity index (χ4n) is 3.48. The third-order valence-electron chi connectivity index (χ3n) is 4.73. The van der Waals surface area contributed by atoms with Crippen LogP contribution in [0.4, 0.5) is 5.69 Å². The molecule has 2 atom stereocenters. The molecule has 1 N–H and O–H groups in total. The number of benzene rings is 1. The molecule has 0 saturated heterocycles. The lowest BCUT2D eigenvalue weighted by molar-refractivity contribution is 0.303. The number of methoxy groups -OCH3 is 2. The minimum Gasteiger partial charge on any atom is -0.497 e. The van der Waals surface area contributed by atoms with Gasteiger partial charge in [0, 0.05) is 29.9 Å². The van der Waals surface area contributed by atoms with Crippen LogP contribution in [0.1, 0.15) is 38.5 Å². The Morgan fingerprint density at radius 1 is 0.900 bits per heavy atom. The lowest BCUT2D eigenvalue weighted by Gasteiger charge is -2.30. The van der Waals surface area contributed by atoms with Gasteiger partial charge in [-0.3, -0.25) is 0 Å². The molecule has 3 rings (SSSR count). The van der Waals surface area contributed by atoms with E-state index in [1.807, 2.05) is 6.07 Å². The predicted molar refractivity (Wildman–Crippen MR) is 81.6 cm³/mol. The lowest BCUT2D eigenvalue weighted by Crippen LogP contribution is -2.28. The van der Waals surface area contributed by atoms with Crippen molar-refractivity contribution in [2.24, 2.45) is 11.8 Å². The number of hydrogen-bond donors (Lipinski definition) is 1. The summed E-state index contributed by atoms with van der Waals surface area (Å²) in [4.78, 5) is 0. The highest BCUT2D eigenvalue weighted by molar-refractivity contribution is 5.54. The van der Waals surface area contributed by atoms with E-state index in [0.29, 0.717) is 6.04 Å². The van der Waals surface area contributed by atoms with E-state index >= 15 is 0 Å². The zero-order valence-electron chi connectivity index (χ0n) is 12.5. The van der Waals surface area contributed by atoms with Crippen molar-refractivity contribution >= 4 is 5.69 Å². The third kappa shape index (κ3) is 3.20. The second-order valence-electron chi connectivity index (χ2n) is 6.21. The van der Waals surface area contributed by atoms with E-state index in [2.05, 4.69) is 17.4 Å². The van der Waals surface area contributed by atoms with Gasteiger partial charge in [-0.05, 0) is 37.5 Å². The van der Waals surface area contributed by atoms with Crippen molar-refractivity contribution in [2.45, 2.75) is 44.6 Å². The van der Waals surface area contributed by atoms with Crippen LogP contribution >= 0.6 is 0 Å². The first kappa shape index (κ1) is 13.6. The maximum Gasteiger partial charge on any atom is 0.124 e. The van der Waals surface area contributed by atoms with Crippen LogP contribution in [-0.4, -0.2) is 20.3 Å². The van der Waals surface area contributed by atoms with Gasteiger partial charge in [0.25, 0.3) is 0 Å². The summed E-state index contributed by atoms with van der Waals surface area (Å²) in [6.07, 6.45) is 8.33. The van der Waals surface area contributed by atoms with Crippen LogP contribution in [-0.2, 0) is 0 Å². The second-order valence-corrected chi connectivity index (χ2v) is 6.21. The van der Waals surface area contributed by atoms with Crippen LogP contribution in [0.15, 0.2) is 18.2 Å². The Hall–Kier alpha value is -1.38. The zero-order valence-corrected chi connectivity index (χ0v) is 12.5. The first-order chi connectivity index (χ1) is 9.78. The molecule has 3 nitrogen and oxygen atoms in total. The molecule has 2 fully saturated rings. The Morgan fingerprint density at radius 3 is 2.20 bits per heavy atom. The number of anilines is 1. The number of hydrogen-bond acceptors (Lipinski definition) is 3. The van der Waals surface area contributed by atoms with E-state index in [0.717, 1.165) is 29.0 Å². The van der Waals surface area contributed by atoms with Crippen molar-refractivity contribution in [1.29, 1.82) is 0 Å². The number of rotatable bonds is 5. The molecule has 110 valence electrons. The monoisotopic (exact) mass is 275 g/mol. The van der Waals surface area contributed by atoms with Crippen LogP contribution in [0, 0.1) is 11.8 Å². The molecule has 2 unspecified atom stereocenters. The molecule has 1 aromatic rings. The summed E-state index contributed by atoms with van der Waals surface area (Å²) in [5, 5.41) is 3.68. The summed E-state index contributed by atoms with van der Waals surface area (Å²) in [7, 11) is 3.39. The van der Waals surface area contributed by atoms with Crippen LogP contribution < -0.4 is 14.8 Å². The van der Waals surface area contributed by atoms with Gasteiger partial charge in [0.1, 0.15) is 11.5 Å². The smallest absolute Gasteiger partial charge is 0.124 e. The van der Waals surface area contributed by atoms with E-state index in [1.54, 1.807) is 14.2 Å². The quantitative estimate of drug-likeness (QED) is 0.878. The van der Waals surface area contributed by atoms with Gasteiger partial charge in [-0.25, -0.2) is 0 Å². The van der Waals surface area contributed by atoms with Gasteiger partial charge in [0.05, 0.1) is 14.2 Å². The topological polar surface area (TPSA) is 30.5 Å². The van der Waals surface area contributed by atoms with Crippen molar-refractivity contribution in [1.82, 2.24) is 0 Å². The van der Waals surface area contributed by atoms with Gasteiger partial charge < -0.3 is 14.8 Å². The van der Waals surface area contributed by atoms with E-state index in [-0.39, 0.29) is 0 Å². The summed E-state index contributed by atoms with van der Waals surface area (Å²) < 4.78 is 10.7. The predicted octanol–water partition coefficient (Wildman–Crippen LogP) is 4.08. The van der Waals surface area contributed by atoms with Crippen molar-refractivity contribution in [3.63, 3.8) is 0 Å². The fraction of sp³-hybridized carbons (Fsp3) is 0.647. The fourth-order valence-corrected chi connectivity index (χ4v) is 3.48. The lowest BCUT2D eigenvalue weighted by atomic mass is 9.82. The molecule has 3 heteroatoms. The first-order valence-corrected chi connectivity index (χ1v) is 7.78. The Labute approximate surface area is 121 Å². The molecular weight excluding hydrogens is 250 g/mol. The second kappa shape index (κ2) is 5.94. The molecule has 2 saturated carbocycles. The molecule has 0 heterocycles. The van der Waals surface area contributed by atoms with Crippen LogP contribution in [0.5, 0.6) is 11.5 Å². The minimum absolute atomic E-state index is 0.603. The Morgan fingerprint density at radius 2 is 1.60 bits per heavy atom. The van der Waals surface area contributed by atoms with Gasteiger partial charge in [0.2, 0.25) is 0 Å². The minimum atomic E-state index is 0.603. The van der Waals surface area contributed by atoms with Crippen LogP contribution in [0.3, 0.4) is 0 Å². The summed E-state index contributed by atoms with van der Waals surface area (Å²) in [5.41, 5.74) is 1.11. The molecule has 20 heavy (non-hydrogen) atoms. The molecule has 0 aromatic heterocycles. The van der Waals surface area contributed by atoms with Crippen molar-refractivity contribution < 1.29 is 9.47 Å². The molecule has 0 spiro atoms. The van der Waals surface area contributed by atoms with E-state index < -0.39 is 0 Å². The third-order valence-corrected chi connectivity index (χ3v) is 4.73. The first-order valence-electron chi connectivity index (χ1n) is 7.78. The Kier molecular flexibility index (Phi) is 4.04. The summed E-state index contributed by atoms with van der Waals surface area (Å²) in [5.74, 6) is 3.68. The molecule has 1 aromatic carbocycles. The maximum absolute atomic E-state index is 5.34. The normalized spacial score (nSPS) is 26.1. The molecular formula is C17H25NO2. The van der Waals surface area contributed by atoms with Gasteiger partial charge >= 0.3 is 0 Å². The highest BCUT2D eigenvalue weighted by Gasteiger charge is 2.34. The van der Waals surface area contributed by atoms with Gasteiger partial charge in [-0.1, -0.05) is 12.8 Å². The van der Waals surface area contributed by atoms with E-state index in [4.69, 9.17) is 9.47 Å². The summed E-state index contributed by atoms with van der Waals surface area (Å²) in [6, 6.07) is 6.64. The maximum atomic E-state index is 5.34. The molecule has 0 amide bonds. The Bertz CT molecular complexity index is 434. The highest BCUT2D eigenvalue weighted by Crippen LogP contribution is 2.44. The molecule has 0 bridgehead atoms. The van der Waals surface area contributed by atoms with Crippen LogP contribution in [0.2, 0.25) is 0 Å². The highest BCUT2D eigenvalue weighted by atomic mass is 16.5. The average Bonchev–Trinajstić information content (AvgIpc) is 3.31. The molecule has 2 aliphatic rings. The average molecular weight is 275 g/mol. The van der Waals surface area contributed by atoms with Crippen molar-refractivity contribution in [2.75, 3.05) is 19.5 Å². The summed E-state index contributed by atoms with van der Waals surface area (Å²) in [6.45, 7) is 0.